The summed E-state index contributed by atoms with van der Waals surface area (Å²) in [5.41, 5.74) is 3.23. The summed E-state index contributed by atoms with van der Waals surface area (Å²) in [7, 11) is -0.426. The Labute approximate surface area is 185 Å². The Balaban J connectivity index is 2.00. The summed E-state index contributed by atoms with van der Waals surface area (Å²) in [6.45, 7) is 1.34. The normalized spacial score (nSPS) is 12.1. The number of aliphatic hydroxyl groups excluding tert-OH is 1. The highest BCUT2D eigenvalue weighted by Gasteiger charge is 2.23. The van der Waals surface area contributed by atoms with Gasteiger partial charge in [0.1, 0.15) is 0 Å². The van der Waals surface area contributed by atoms with E-state index in [9.17, 15) is 13.5 Å². The average molecular weight is 439 g/mol. The zero-order valence-corrected chi connectivity index (χ0v) is 18.9. The lowest BCUT2D eigenvalue weighted by atomic mass is 9.96. The minimum Gasteiger partial charge on any atom is -0.396 e. The van der Waals surface area contributed by atoms with Gasteiger partial charge in [0, 0.05) is 33.8 Å². The standard InChI is InChI=1S/C25H30N2O3S/c1-26(2)31(29,30)24-16-9-11-21(19-24)20-27(17-10-18-28)25(22-12-5-3-6-13-22)23-14-7-4-8-15-23/h3-9,11-16,19,25,28H,10,17-18,20H2,1-2H3. The fraction of sp³-hybridized carbons (Fsp3) is 0.280. The van der Waals surface area contributed by atoms with Crippen LogP contribution in [0.5, 0.6) is 0 Å². The summed E-state index contributed by atoms with van der Waals surface area (Å²) < 4.78 is 26.4. The molecular weight excluding hydrogens is 408 g/mol. The summed E-state index contributed by atoms with van der Waals surface area (Å²) in [5, 5.41) is 9.50. The van der Waals surface area contributed by atoms with E-state index in [4.69, 9.17) is 0 Å². The zero-order valence-electron chi connectivity index (χ0n) is 18.1. The number of hydrogen-bond donors (Lipinski definition) is 1. The molecule has 3 aromatic carbocycles. The van der Waals surface area contributed by atoms with Crippen LogP contribution in [0.2, 0.25) is 0 Å². The molecule has 0 amide bonds. The zero-order chi connectivity index (χ0) is 22.3. The van der Waals surface area contributed by atoms with Crippen molar-refractivity contribution in [2.75, 3.05) is 27.2 Å². The molecule has 0 aliphatic carbocycles. The predicted octanol–water partition coefficient (Wildman–Crippen LogP) is 3.91. The molecule has 0 heterocycles. The molecule has 0 spiro atoms. The molecule has 0 saturated heterocycles. The lowest BCUT2D eigenvalue weighted by Gasteiger charge is -2.33. The fourth-order valence-electron chi connectivity index (χ4n) is 3.71. The van der Waals surface area contributed by atoms with E-state index < -0.39 is 10.0 Å². The Bertz CT molecular complexity index is 1010. The highest BCUT2D eigenvalue weighted by atomic mass is 32.2. The number of nitrogens with zero attached hydrogens (tertiary/aromatic N) is 2. The molecule has 164 valence electrons. The second-order valence-corrected chi connectivity index (χ2v) is 9.86. The average Bonchev–Trinajstić information content (AvgIpc) is 2.79. The molecule has 0 aliphatic rings. The van der Waals surface area contributed by atoms with E-state index in [0.29, 0.717) is 19.5 Å². The molecule has 0 fully saturated rings. The first-order chi connectivity index (χ1) is 14.9. The van der Waals surface area contributed by atoms with Crippen LogP contribution in [0.25, 0.3) is 0 Å². The molecule has 5 nitrogen and oxygen atoms in total. The first kappa shape index (κ1) is 23.2. The maximum absolute atomic E-state index is 12.6. The number of aliphatic hydroxyl groups is 1. The largest absolute Gasteiger partial charge is 0.396 e. The van der Waals surface area contributed by atoms with E-state index in [1.165, 1.54) is 18.4 Å². The molecule has 6 heteroatoms. The Morgan fingerprint density at radius 1 is 0.839 bits per heavy atom. The number of hydrogen-bond acceptors (Lipinski definition) is 4. The van der Waals surface area contributed by atoms with Gasteiger partial charge in [0.05, 0.1) is 10.9 Å². The van der Waals surface area contributed by atoms with Crippen molar-refractivity contribution in [2.24, 2.45) is 0 Å². The maximum Gasteiger partial charge on any atom is 0.242 e. The van der Waals surface area contributed by atoms with Crippen molar-refractivity contribution in [2.45, 2.75) is 23.9 Å². The molecule has 0 aromatic heterocycles. The molecule has 3 aromatic rings. The van der Waals surface area contributed by atoms with Gasteiger partial charge in [0.2, 0.25) is 10.0 Å². The first-order valence-corrected chi connectivity index (χ1v) is 11.8. The lowest BCUT2D eigenvalue weighted by Crippen LogP contribution is -2.31. The van der Waals surface area contributed by atoms with Gasteiger partial charge in [-0.1, -0.05) is 72.8 Å². The molecule has 0 bridgehead atoms. The van der Waals surface area contributed by atoms with Crippen molar-refractivity contribution >= 4 is 10.0 Å². The van der Waals surface area contributed by atoms with Gasteiger partial charge in [-0.15, -0.1) is 0 Å². The van der Waals surface area contributed by atoms with Crippen LogP contribution in [0, 0.1) is 0 Å². The lowest BCUT2D eigenvalue weighted by molar-refractivity contribution is 0.186. The van der Waals surface area contributed by atoms with Crippen LogP contribution in [0.15, 0.2) is 89.8 Å². The van der Waals surface area contributed by atoms with Crippen molar-refractivity contribution in [3.05, 3.63) is 102 Å². The third kappa shape index (κ3) is 5.80. The van der Waals surface area contributed by atoms with Crippen molar-refractivity contribution in [1.82, 2.24) is 9.21 Å². The topological polar surface area (TPSA) is 60.9 Å². The van der Waals surface area contributed by atoms with Crippen molar-refractivity contribution in [3.8, 4) is 0 Å². The summed E-state index contributed by atoms with van der Waals surface area (Å²) in [5.74, 6) is 0. The van der Waals surface area contributed by atoms with E-state index >= 15 is 0 Å². The third-order valence-corrected chi connectivity index (χ3v) is 7.07. The van der Waals surface area contributed by atoms with Crippen LogP contribution in [0.4, 0.5) is 0 Å². The minimum atomic E-state index is -3.50. The van der Waals surface area contributed by atoms with Gasteiger partial charge in [-0.2, -0.15) is 0 Å². The summed E-state index contributed by atoms with van der Waals surface area (Å²) in [6.07, 6.45) is 0.631. The predicted molar refractivity (Wildman–Crippen MR) is 124 cm³/mol. The quantitative estimate of drug-likeness (QED) is 0.521. The third-order valence-electron chi connectivity index (χ3n) is 5.26. The van der Waals surface area contributed by atoms with Crippen molar-refractivity contribution < 1.29 is 13.5 Å². The molecule has 3 rings (SSSR count). The van der Waals surface area contributed by atoms with E-state index in [2.05, 4.69) is 29.2 Å². The molecular formula is C25H30N2O3S. The Hall–Kier alpha value is -2.51. The maximum atomic E-state index is 12.6. The number of benzene rings is 3. The summed E-state index contributed by atoms with van der Waals surface area (Å²) >= 11 is 0. The first-order valence-electron chi connectivity index (χ1n) is 10.4. The van der Waals surface area contributed by atoms with Crippen molar-refractivity contribution in [3.63, 3.8) is 0 Å². The molecule has 0 atom stereocenters. The molecule has 0 aliphatic heterocycles. The van der Waals surface area contributed by atoms with Crippen LogP contribution >= 0.6 is 0 Å². The Kier molecular flexibility index (Phi) is 7.98. The van der Waals surface area contributed by atoms with E-state index in [0.717, 1.165) is 16.7 Å². The van der Waals surface area contributed by atoms with E-state index in [1.807, 2.05) is 42.5 Å². The van der Waals surface area contributed by atoms with Crippen LogP contribution in [-0.4, -0.2) is 50.0 Å². The fourth-order valence-corrected chi connectivity index (χ4v) is 4.68. The minimum absolute atomic E-state index is 0.0111. The van der Waals surface area contributed by atoms with Gasteiger partial charge in [-0.25, -0.2) is 12.7 Å². The van der Waals surface area contributed by atoms with Crippen LogP contribution in [0.3, 0.4) is 0 Å². The Morgan fingerprint density at radius 2 is 1.42 bits per heavy atom. The molecule has 1 N–H and O–H groups in total. The second kappa shape index (κ2) is 10.7. The monoisotopic (exact) mass is 438 g/mol. The van der Waals surface area contributed by atoms with Crippen LogP contribution in [-0.2, 0) is 16.6 Å². The summed E-state index contributed by atoms with van der Waals surface area (Å²) in [6, 6.07) is 27.6. The van der Waals surface area contributed by atoms with Gasteiger partial charge in [-0.3, -0.25) is 4.90 Å². The highest BCUT2D eigenvalue weighted by Crippen LogP contribution is 2.30. The number of rotatable bonds is 10. The number of sulfonamides is 1. The van der Waals surface area contributed by atoms with Crippen LogP contribution < -0.4 is 0 Å². The van der Waals surface area contributed by atoms with Gasteiger partial charge in [0.25, 0.3) is 0 Å². The van der Waals surface area contributed by atoms with Crippen LogP contribution in [0.1, 0.15) is 29.2 Å². The Morgan fingerprint density at radius 3 is 1.94 bits per heavy atom. The highest BCUT2D eigenvalue weighted by molar-refractivity contribution is 7.89. The summed E-state index contributed by atoms with van der Waals surface area (Å²) in [4.78, 5) is 2.58. The molecule has 0 saturated carbocycles. The van der Waals surface area contributed by atoms with Gasteiger partial charge >= 0.3 is 0 Å². The SMILES string of the molecule is CN(C)S(=O)(=O)c1cccc(CN(CCCO)C(c2ccccc2)c2ccccc2)c1. The molecule has 0 unspecified atom stereocenters. The smallest absolute Gasteiger partial charge is 0.242 e. The van der Waals surface area contributed by atoms with E-state index in [1.54, 1.807) is 18.2 Å². The van der Waals surface area contributed by atoms with Gasteiger partial charge in [0.15, 0.2) is 0 Å². The van der Waals surface area contributed by atoms with E-state index in [-0.39, 0.29) is 17.5 Å². The van der Waals surface area contributed by atoms with Gasteiger partial charge < -0.3 is 5.11 Å². The van der Waals surface area contributed by atoms with Crippen molar-refractivity contribution in [1.29, 1.82) is 0 Å². The molecule has 0 radical (unpaired) electrons. The molecule has 31 heavy (non-hydrogen) atoms. The second-order valence-electron chi connectivity index (χ2n) is 7.71. The van der Waals surface area contributed by atoms with Gasteiger partial charge in [-0.05, 0) is 35.2 Å².